The maximum absolute atomic E-state index is 11.7. The molecule has 0 aromatic heterocycles. The van der Waals surface area contributed by atoms with Crippen molar-refractivity contribution in [1.82, 2.24) is 5.32 Å². The Labute approximate surface area is 102 Å². The largest absolute Gasteiger partial charge is 0.394 e. The van der Waals surface area contributed by atoms with Crippen molar-refractivity contribution in [3.05, 3.63) is 0 Å². The molecule has 2 fully saturated rings. The van der Waals surface area contributed by atoms with Crippen molar-refractivity contribution < 1.29 is 14.6 Å². The molecule has 0 spiro atoms. The van der Waals surface area contributed by atoms with Gasteiger partial charge in [0.2, 0.25) is 5.91 Å². The molecule has 0 aromatic rings. The number of nitrogens with two attached hydrogens (primary N) is 1. The van der Waals surface area contributed by atoms with Crippen LogP contribution in [0.5, 0.6) is 0 Å². The molecule has 2 rings (SSSR count). The standard InChI is InChI=1S/C12H22N2O3/c13-6-5-9-3-4-10(11(7-15)17-9)14-12(16)8-1-2-8/h8-11,15H,1-7,13H2,(H,14,16)/t9-,10-,11+/m1/s1. The van der Waals surface area contributed by atoms with Gasteiger partial charge in [0.05, 0.1) is 18.8 Å². The summed E-state index contributed by atoms with van der Waals surface area (Å²) in [6, 6.07) is -0.0397. The van der Waals surface area contributed by atoms with Gasteiger partial charge in [-0.05, 0) is 38.6 Å². The van der Waals surface area contributed by atoms with E-state index in [1.54, 1.807) is 0 Å². The van der Waals surface area contributed by atoms with Crippen molar-refractivity contribution in [2.24, 2.45) is 11.7 Å². The van der Waals surface area contributed by atoms with E-state index in [1.165, 1.54) is 0 Å². The second-order valence-corrected chi connectivity index (χ2v) is 5.02. The Hall–Kier alpha value is -0.650. The molecule has 1 saturated heterocycles. The van der Waals surface area contributed by atoms with Gasteiger partial charge in [0.25, 0.3) is 0 Å². The molecule has 1 aliphatic heterocycles. The molecule has 0 radical (unpaired) electrons. The van der Waals surface area contributed by atoms with E-state index in [2.05, 4.69) is 5.32 Å². The molecule has 1 saturated carbocycles. The molecule has 3 atom stereocenters. The van der Waals surface area contributed by atoms with Crippen molar-refractivity contribution in [1.29, 1.82) is 0 Å². The summed E-state index contributed by atoms with van der Waals surface area (Å²) in [6.45, 7) is 0.554. The third kappa shape index (κ3) is 3.40. The second kappa shape index (κ2) is 5.80. The van der Waals surface area contributed by atoms with Gasteiger partial charge in [-0.15, -0.1) is 0 Å². The summed E-state index contributed by atoms with van der Waals surface area (Å²) in [5.74, 6) is 0.324. The molecule has 98 valence electrons. The molecule has 0 bridgehead atoms. The van der Waals surface area contributed by atoms with Crippen LogP contribution in [0.1, 0.15) is 32.1 Å². The van der Waals surface area contributed by atoms with Gasteiger partial charge >= 0.3 is 0 Å². The Morgan fingerprint density at radius 2 is 2.12 bits per heavy atom. The van der Waals surface area contributed by atoms with Crippen LogP contribution >= 0.6 is 0 Å². The zero-order chi connectivity index (χ0) is 12.3. The van der Waals surface area contributed by atoms with E-state index in [4.69, 9.17) is 10.5 Å². The van der Waals surface area contributed by atoms with E-state index in [9.17, 15) is 9.90 Å². The third-order valence-corrected chi connectivity index (χ3v) is 3.56. The minimum absolute atomic E-state index is 0.0397. The number of nitrogens with one attached hydrogen (secondary N) is 1. The number of carbonyl (C=O) groups is 1. The Morgan fingerprint density at radius 1 is 1.35 bits per heavy atom. The summed E-state index contributed by atoms with van der Waals surface area (Å²) in [4.78, 5) is 11.7. The number of hydrogen-bond acceptors (Lipinski definition) is 4. The Morgan fingerprint density at radius 3 is 2.71 bits per heavy atom. The van der Waals surface area contributed by atoms with Crippen molar-refractivity contribution >= 4 is 5.91 Å². The van der Waals surface area contributed by atoms with E-state index < -0.39 is 0 Å². The molecule has 5 nitrogen and oxygen atoms in total. The van der Waals surface area contributed by atoms with Gasteiger partial charge in [0.15, 0.2) is 0 Å². The average molecular weight is 242 g/mol. The van der Waals surface area contributed by atoms with Gasteiger partial charge in [0, 0.05) is 5.92 Å². The molecule has 2 aliphatic rings. The van der Waals surface area contributed by atoms with Crippen molar-refractivity contribution in [3.63, 3.8) is 0 Å². The molecule has 5 heteroatoms. The summed E-state index contributed by atoms with van der Waals surface area (Å²) in [6.07, 6.45) is 4.45. The molecular formula is C12H22N2O3. The Balaban J connectivity index is 1.82. The van der Waals surface area contributed by atoms with Crippen LogP contribution in [0, 0.1) is 5.92 Å². The minimum atomic E-state index is -0.275. The van der Waals surface area contributed by atoms with E-state index in [1.807, 2.05) is 0 Å². The van der Waals surface area contributed by atoms with Crippen LogP contribution < -0.4 is 11.1 Å². The number of carbonyl (C=O) groups excluding carboxylic acids is 1. The molecule has 1 aliphatic carbocycles. The van der Waals surface area contributed by atoms with Crippen molar-refractivity contribution in [2.75, 3.05) is 13.2 Å². The van der Waals surface area contributed by atoms with Crippen LogP contribution in [0.4, 0.5) is 0 Å². The van der Waals surface area contributed by atoms with E-state index in [-0.39, 0.29) is 36.7 Å². The molecule has 0 unspecified atom stereocenters. The highest BCUT2D eigenvalue weighted by Crippen LogP contribution is 2.30. The van der Waals surface area contributed by atoms with Crippen LogP contribution in [0.25, 0.3) is 0 Å². The van der Waals surface area contributed by atoms with Gasteiger partial charge < -0.3 is 20.9 Å². The molecular weight excluding hydrogens is 220 g/mol. The van der Waals surface area contributed by atoms with E-state index >= 15 is 0 Å². The maximum atomic E-state index is 11.7. The fourth-order valence-corrected chi connectivity index (χ4v) is 2.34. The van der Waals surface area contributed by atoms with Gasteiger partial charge in [-0.3, -0.25) is 4.79 Å². The first-order chi connectivity index (χ1) is 8.24. The highest BCUT2D eigenvalue weighted by molar-refractivity contribution is 5.81. The van der Waals surface area contributed by atoms with E-state index in [0.717, 1.165) is 32.1 Å². The first kappa shape index (κ1) is 12.8. The lowest BCUT2D eigenvalue weighted by molar-refractivity contribution is -0.129. The zero-order valence-electron chi connectivity index (χ0n) is 10.1. The first-order valence-corrected chi connectivity index (χ1v) is 6.51. The predicted octanol–water partition coefficient (Wildman–Crippen LogP) is -0.230. The van der Waals surface area contributed by atoms with Crippen LogP contribution in [-0.2, 0) is 9.53 Å². The maximum Gasteiger partial charge on any atom is 0.223 e. The molecule has 4 N–H and O–H groups in total. The predicted molar refractivity (Wildman–Crippen MR) is 63.3 cm³/mol. The second-order valence-electron chi connectivity index (χ2n) is 5.02. The monoisotopic (exact) mass is 242 g/mol. The van der Waals surface area contributed by atoms with Gasteiger partial charge in [0.1, 0.15) is 6.10 Å². The van der Waals surface area contributed by atoms with Gasteiger partial charge in [-0.25, -0.2) is 0 Å². The zero-order valence-corrected chi connectivity index (χ0v) is 10.1. The summed E-state index contributed by atoms with van der Waals surface area (Å²) in [5, 5.41) is 12.3. The number of rotatable bonds is 5. The lowest BCUT2D eigenvalue weighted by Crippen LogP contribution is -2.51. The van der Waals surface area contributed by atoms with Crippen LogP contribution in [0.3, 0.4) is 0 Å². The lowest BCUT2D eigenvalue weighted by Gasteiger charge is -2.36. The Kier molecular flexibility index (Phi) is 4.36. The smallest absolute Gasteiger partial charge is 0.223 e. The highest BCUT2D eigenvalue weighted by Gasteiger charge is 2.35. The van der Waals surface area contributed by atoms with Crippen LogP contribution in [-0.4, -0.2) is 42.4 Å². The molecule has 1 heterocycles. The van der Waals surface area contributed by atoms with E-state index in [0.29, 0.717) is 6.54 Å². The summed E-state index contributed by atoms with van der Waals surface area (Å²) in [7, 11) is 0. The lowest BCUT2D eigenvalue weighted by atomic mass is 9.97. The average Bonchev–Trinajstić information content (AvgIpc) is 3.15. The summed E-state index contributed by atoms with van der Waals surface area (Å²) < 4.78 is 5.74. The number of aliphatic hydroxyl groups is 1. The third-order valence-electron chi connectivity index (χ3n) is 3.56. The van der Waals surface area contributed by atoms with Gasteiger partial charge in [-0.2, -0.15) is 0 Å². The van der Waals surface area contributed by atoms with Gasteiger partial charge in [-0.1, -0.05) is 0 Å². The summed E-state index contributed by atoms with van der Waals surface area (Å²) >= 11 is 0. The number of aliphatic hydroxyl groups excluding tert-OH is 1. The van der Waals surface area contributed by atoms with Crippen molar-refractivity contribution in [2.45, 2.75) is 50.4 Å². The topological polar surface area (TPSA) is 84.6 Å². The first-order valence-electron chi connectivity index (χ1n) is 6.51. The SMILES string of the molecule is NCC[C@H]1CC[C@@H](NC(=O)C2CC2)[C@H](CO)O1. The van der Waals surface area contributed by atoms with Crippen molar-refractivity contribution in [3.8, 4) is 0 Å². The summed E-state index contributed by atoms with van der Waals surface area (Å²) in [5.41, 5.74) is 5.50. The highest BCUT2D eigenvalue weighted by atomic mass is 16.5. The van der Waals surface area contributed by atoms with Crippen LogP contribution in [0.15, 0.2) is 0 Å². The number of hydrogen-bond donors (Lipinski definition) is 3. The fraction of sp³-hybridized carbons (Fsp3) is 0.917. The fourth-order valence-electron chi connectivity index (χ4n) is 2.34. The normalized spacial score (nSPS) is 33.4. The van der Waals surface area contributed by atoms with Crippen LogP contribution in [0.2, 0.25) is 0 Å². The molecule has 17 heavy (non-hydrogen) atoms. The molecule has 1 amide bonds. The Bertz CT molecular complexity index is 268. The molecule has 0 aromatic carbocycles. The number of amides is 1. The quantitative estimate of drug-likeness (QED) is 0.622. The minimum Gasteiger partial charge on any atom is -0.394 e. The number of ether oxygens (including phenoxy) is 1.